The van der Waals surface area contributed by atoms with E-state index < -0.39 is 0 Å². The zero-order chi connectivity index (χ0) is 59.0. The lowest BCUT2D eigenvalue weighted by Crippen LogP contribution is -2.16. The number of nitrogens with zero attached hydrogens (tertiary/aromatic N) is 4. The number of pyridine rings is 2. The lowest BCUT2D eigenvalue weighted by atomic mass is 9.81. The third-order valence-corrected chi connectivity index (χ3v) is 18.8. The van der Waals surface area contributed by atoms with Crippen molar-refractivity contribution in [3.05, 3.63) is 323 Å². The van der Waals surface area contributed by atoms with Crippen molar-refractivity contribution in [2.75, 3.05) is 9.80 Å². The smallest absolute Gasteiger partial charge is 0.0644 e. The van der Waals surface area contributed by atoms with Crippen LogP contribution in [-0.2, 0) is 16.2 Å². The van der Waals surface area contributed by atoms with Gasteiger partial charge >= 0.3 is 0 Å². The molecule has 15 rings (SSSR count). The van der Waals surface area contributed by atoms with Crippen LogP contribution in [-0.4, -0.2) is 9.97 Å². The van der Waals surface area contributed by atoms with Crippen molar-refractivity contribution in [3.63, 3.8) is 0 Å². The van der Waals surface area contributed by atoms with Gasteiger partial charge in [0.25, 0.3) is 0 Å². The Morgan fingerprint density at radius 3 is 0.828 bits per heavy atom. The van der Waals surface area contributed by atoms with Crippen LogP contribution in [0.4, 0.5) is 34.1 Å². The van der Waals surface area contributed by atoms with Crippen molar-refractivity contribution in [3.8, 4) is 55.6 Å². The number of rotatable bonds is 12. The molecule has 0 N–H and O–H groups in total. The summed E-state index contributed by atoms with van der Waals surface area (Å²) in [5.74, 6) is 0. The molecular formula is C83H66N4. The minimum absolute atomic E-state index is 0.167. The second-order valence-electron chi connectivity index (χ2n) is 25.1. The molecule has 10 aromatic carbocycles. The van der Waals surface area contributed by atoms with Crippen molar-refractivity contribution < 1.29 is 0 Å². The van der Waals surface area contributed by atoms with Crippen LogP contribution in [0, 0.1) is 0 Å². The van der Waals surface area contributed by atoms with E-state index in [0.29, 0.717) is 0 Å². The summed E-state index contributed by atoms with van der Waals surface area (Å²) in [6.45, 7) is 14.2. The maximum absolute atomic E-state index is 4.54. The number of aromatic nitrogens is 2. The molecule has 2 aromatic heterocycles. The van der Waals surface area contributed by atoms with E-state index in [0.717, 1.165) is 34.1 Å². The van der Waals surface area contributed by atoms with Gasteiger partial charge in [0.15, 0.2) is 0 Å². The van der Waals surface area contributed by atoms with Crippen LogP contribution in [0.15, 0.2) is 267 Å². The molecule has 0 spiro atoms. The molecule has 12 aromatic rings. The van der Waals surface area contributed by atoms with Gasteiger partial charge in [-0.15, -0.1) is 0 Å². The fraction of sp³-hybridized carbons (Fsp3) is 0.108. The van der Waals surface area contributed by atoms with E-state index in [1.54, 1.807) is 0 Å². The lowest BCUT2D eigenvalue weighted by molar-refractivity contribution is 0.660. The maximum Gasteiger partial charge on any atom is 0.0644 e. The fourth-order valence-corrected chi connectivity index (χ4v) is 14.1. The average molecular weight is 1120 g/mol. The normalized spacial score (nSPS) is 14.3. The zero-order valence-electron chi connectivity index (χ0n) is 50.0. The highest BCUT2D eigenvalue weighted by molar-refractivity contribution is 5.91. The predicted molar refractivity (Wildman–Crippen MR) is 366 cm³/mol. The summed E-state index contributed by atoms with van der Waals surface area (Å²) in [5, 5.41) is 0. The molecule has 4 heteroatoms. The number of benzene rings is 10. The highest BCUT2D eigenvalue weighted by Crippen LogP contribution is 2.54. The van der Waals surface area contributed by atoms with E-state index in [4.69, 9.17) is 0 Å². The van der Waals surface area contributed by atoms with Gasteiger partial charge in [-0.25, -0.2) is 0 Å². The van der Waals surface area contributed by atoms with Crippen LogP contribution in [0.2, 0.25) is 0 Å². The zero-order valence-corrected chi connectivity index (χ0v) is 50.0. The summed E-state index contributed by atoms with van der Waals surface area (Å²) in [6, 6.07) is 89.1. The van der Waals surface area contributed by atoms with Crippen molar-refractivity contribution in [1.29, 1.82) is 0 Å². The molecule has 0 fully saturated rings. The molecule has 3 aliphatic carbocycles. The van der Waals surface area contributed by atoms with Crippen LogP contribution in [0.3, 0.4) is 0 Å². The largest absolute Gasteiger partial charge is 0.309 e. The van der Waals surface area contributed by atoms with E-state index in [9.17, 15) is 0 Å². The van der Waals surface area contributed by atoms with E-state index in [1.807, 2.05) is 36.9 Å². The second-order valence-corrected chi connectivity index (χ2v) is 25.1. The van der Waals surface area contributed by atoms with Gasteiger partial charge < -0.3 is 9.80 Å². The predicted octanol–water partition coefficient (Wildman–Crippen LogP) is 22.0. The number of anilines is 6. The summed E-state index contributed by atoms with van der Waals surface area (Å²) in [7, 11) is 0. The van der Waals surface area contributed by atoms with E-state index >= 15 is 0 Å². The van der Waals surface area contributed by atoms with Crippen LogP contribution < -0.4 is 9.80 Å². The minimum Gasteiger partial charge on any atom is -0.309 e. The van der Waals surface area contributed by atoms with Crippen LogP contribution in [0.1, 0.15) is 97.2 Å². The summed E-state index contributed by atoms with van der Waals surface area (Å²) in [4.78, 5) is 13.7. The van der Waals surface area contributed by atoms with Gasteiger partial charge in [0.2, 0.25) is 0 Å². The summed E-state index contributed by atoms with van der Waals surface area (Å²) in [6.07, 6.45) is 16.7. The first-order chi connectivity index (χ1) is 42.4. The van der Waals surface area contributed by atoms with Gasteiger partial charge in [0.05, 0.1) is 23.8 Å². The van der Waals surface area contributed by atoms with Crippen molar-refractivity contribution in [2.45, 2.75) is 57.8 Å². The van der Waals surface area contributed by atoms with Crippen LogP contribution >= 0.6 is 0 Å². The Kier molecular flexibility index (Phi) is 12.9. The molecule has 3 aliphatic rings. The monoisotopic (exact) mass is 1120 g/mol. The lowest BCUT2D eigenvalue weighted by Gasteiger charge is -2.28. The maximum atomic E-state index is 4.54. The topological polar surface area (TPSA) is 32.3 Å². The van der Waals surface area contributed by atoms with Crippen molar-refractivity contribution in [1.82, 2.24) is 9.97 Å². The highest BCUT2D eigenvalue weighted by Gasteiger charge is 2.39. The van der Waals surface area contributed by atoms with Gasteiger partial charge in [-0.05, 0) is 184 Å². The van der Waals surface area contributed by atoms with E-state index in [-0.39, 0.29) is 16.2 Å². The highest BCUT2D eigenvalue weighted by atomic mass is 15.2. The first-order valence-corrected chi connectivity index (χ1v) is 30.3. The Morgan fingerprint density at radius 1 is 0.253 bits per heavy atom. The summed E-state index contributed by atoms with van der Waals surface area (Å²) >= 11 is 0. The summed E-state index contributed by atoms with van der Waals surface area (Å²) < 4.78 is 0. The quantitative estimate of drug-likeness (QED) is 0.114. The molecule has 0 aliphatic heterocycles. The average Bonchev–Trinajstić information content (AvgIpc) is 1.68. The first kappa shape index (κ1) is 53.3. The van der Waals surface area contributed by atoms with Crippen molar-refractivity contribution >= 4 is 58.4 Å². The molecule has 0 atom stereocenters. The number of hydrogen-bond acceptors (Lipinski definition) is 4. The third kappa shape index (κ3) is 9.32. The van der Waals surface area contributed by atoms with Gasteiger partial charge in [-0.3, -0.25) is 9.97 Å². The van der Waals surface area contributed by atoms with Gasteiger partial charge in [-0.1, -0.05) is 236 Å². The Morgan fingerprint density at radius 2 is 0.529 bits per heavy atom. The first-order valence-electron chi connectivity index (χ1n) is 30.3. The van der Waals surface area contributed by atoms with Gasteiger partial charge in [0.1, 0.15) is 0 Å². The summed E-state index contributed by atoms with van der Waals surface area (Å²) in [5.41, 5.74) is 31.3. The molecule has 0 saturated heterocycles. The molecule has 0 radical (unpaired) electrons. The fourth-order valence-electron chi connectivity index (χ4n) is 14.1. The molecule has 0 bridgehead atoms. The van der Waals surface area contributed by atoms with E-state index in [1.165, 1.54) is 111 Å². The molecule has 418 valence electrons. The molecule has 0 amide bonds. The van der Waals surface area contributed by atoms with E-state index in [2.05, 4.69) is 316 Å². The molecule has 4 nitrogen and oxygen atoms in total. The van der Waals surface area contributed by atoms with Gasteiger partial charge in [-0.2, -0.15) is 0 Å². The Labute approximate surface area is 511 Å². The number of fused-ring (bicyclic) bond motifs is 9. The molecule has 87 heavy (non-hydrogen) atoms. The minimum atomic E-state index is -0.209. The Bertz CT molecular complexity index is 4370. The Hall–Kier alpha value is -10.4. The third-order valence-electron chi connectivity index (χ3n) is 18.8. The second kappa shape index (κ2) is 21.0. The van der Waals surface area contributed by atoms with Crippen molar-refractivity contribution in [2.24, 2.45) is 0 Å². The molecule has 2 heterocycles. The standard InChI is InChI=1S/C83H66N4/c1-81(2)75-47-55(21-23-57-27-41-71-73-43-37-65(51-79(73)82(3,4)77(71)49-57)86(67-19-13-45-84-53-67)63-33-29-61(30-34-63)59-15-9-7-10-16-59)25-39-69(75)70-40-26-56(48-76(70)81)22-24-58-28-42-72-74-44-38-66(52-80(74)83(5,6)78(72)50-58)87(68-20-14-46-85-54-68)64-35-31-62(32-36-64)60-17-11-8-12-18-60/h7-54H,1-6H3. The molecular weight excluding hydrogens is 1050 g/mol. The SMILES string of the molecule is CC1(C)c2cc(C=Cc3ccc4c(c3)C(C)(C)c3cc(N(c5ccc(-c6ccccc6)cc5)c5cccnc5)ccc3-4)ccc2-c2ccc(C=Cc3ccc4c(c3)C(C)(C)c3cc(N(c5ccc(-c6ccccc6)cc5)c5cccnc5)ccc3-4)cc21. The van der Waals surface area contributed by atoms with Gasteiger partial charge in [0, 0.05) is 51.4 Å². The molecule has 0 unspecified atom stereocenters. The van der Waals surface area contributed by atoms with Crippen LogP contribution in [0.5, 0.6) is 0 Å². The number of hydrogen-bond donors (Lipinski definition) is 0. The Balaban J connectivity index is 0.653. The van der Waals surface area contributed by atoms with Crippen LogP contribution in [0.25, 0.3) is 79.9 Å². The molecule has 0 saturated carbocycles.